The second-order valence-corrected chi connectivity index (χ2v) is 4.39. The first-order chi connectivity index (χ1) is 7.66. The number of aliphatic hydroxyl groups is 1. The fourth-order valence-electron chi connectivity index (χ4n) is 2.03. The Morgan fingerprint density at radius 3 is 2.69 bits per heavy atom. The molecular weight excluding hydrogens is 202 g/mol. The molecule has 1 aromatic carbocycles. The third-order valence-electron chi connectivity index (χ3n) is 3.02. The molecule has 0 aromatic heterocycles. The number of rotatable bonds is 1. The maximum Gasteiger partial charge on any atom is 0.253 e. The van der Waals surface area contributed by atoms with Gasteiger partial charge >= 0.3 is 0 Å². The van der Waals surface area contributed by atoms with Gasteiger partial charge in [0, 0.05) is 18.7 Å². The summed E-state index contributed by atoms with van der Waals surface area (Å²) in [5, 5.41) is 9.39. The SMILES string of the molecule is Cc1cccc(C(=O)N2CCC(O)CC2)c1. The Morgan fingerprint density at radius 2 is 2.06 bits per heavy atom. The summed E-state index contributed by atoms with van der Waals surface area (Å²) in [6.07, 6.45) is 1.15. The van der Waals surface area contributed by atoms with Crippen molar-refractivity contribution in [2.24, 2.45) is 0 Å². The summed E-state index contributed by atoms with van der Waals surface area (Å²) >= 11 is 0. The Labute approximate surface area is 95.7 Å². The molecule has 0 bridgehead atoms. The summed E-state index contributed by atoms with van der Waals surface area (Å²) in [5.41, 5.74) is 1.85. The van der Waals surface area contributed by atoms with E-state index in [0.717, 1.165) is 11.1 Å². The third-order valence-corrected chi connectivity index (χ3v) is 3.02. The predicted molar refractivity (Wildman–Crippen MR) is 62.3 cm³/mol. The Kier molecular flexibility index (Phi) is 3.25. The van der Waals surface area contributed by atoms with Crippen LogP contribution in [0.1, 0.15) is 28.8 Å². The average Bonchev–Trinajstić information content (AvgIpc) is 2.29. The first-order valence-electron chi connectivity index (χ1n) is 5.71. The molecule has 1 saturated heterocycles. The highest BCUT2D eigenvalue weighted by molar-refractivity contribution is 5.94. The van der Waals surface area contributed by atoms with Crippen LogP contribution in [-0.2, 0) is 0 Å². The normalized spacial score (nSPS) is 17.5. The molecule has 1 aliphatic heterocycles. The van der Waals surface area contributed by atoms with Crippen molar-refractivity contribution in [3.8, 4) is 0 Å². The van der Waals surface area contributed by atoms with Crippen LogP contribution in [0.15, 0.2) is 24.3 Å². The number of aryl methyl sites for hydroxylation is 1. The van der Waals surface area contributed by atoms with Crippen molar-refractivity contribution >= 4 is 5.91 Å². The molecule has 0 saturated carbocycles. The van der Waals surface area contributed by atoms with E-state index in [1.807, 2.05) is 36.1 Å². The van der Waals surface area contributed by atoms with Crippen LogP contribution in [0.5, 0.6) is 0 Å². The van der Waals surface area contributed by atoms with Crippen LogP contribution in [0.4, 0.5) is 0 Å². The maximum absolute atomic E-state index is 12.1. The molecule has 86 valence electrons. The number of nitrogens with zero attached hydrogens (tertiary/aromatic N) is 1. The second-order valence-electron chi connectivity index (χ2n) is 4.39. The maximum atomic E-state index is 12.1. The molecule has 0 unspecified atom stereocenters. The zero-order valence-corrected chi connectivity index (χ0v) is 9.52. The molecule has 0 radical (unpaired) electrons. The average molecular weight is 219 g/mol. The van der Waals surface area contributed by atoms with Gasteiger partial charge in [0.15, 0.2) is 0 Å². The molecule has 1 heterocycles. The van der Waals surface area contributed by atoms with E-state index in [0.29, 0.717) is 25.9 Å². The van der Waals surface area contributed by atoms with Gasteiger partial charge in [0.1, 0.15) is 0 Å². The van der Waals surface area contributed by atoms with Crippen molar-refractivity contribution in [2.75, 3.05) is 13.1 Å². The summed E-state index contributed by atoms with van der Waals surface area (Å²) in [6, 6.07) is 7.64. The highest BCUT2D eigenvalue weighted by Gasteiger charge is 2.21. The summed E-state index contributed by atoms with van der Waals surface area (Å²) in [5.74, 6) is 0.0793. The smallest absolute Gasteiger partial charge is 0.253 e. The van der Waals surface area contributed by atoms with Crippen molar-refractivity contribution in [2.45, 2.75) is 25.9 Å². The minimum Gasteiger partial charge on any atom is -0.393 e. The van der Waals surface area contributed by atoms with Crippen LogP contribution in [0.2, 0.25) is 0 Å². The van der Waals surface area contributed by atoms with Gasteiger partial charge in [-0.3, -0.25) is 4.79 Å². The minimum atomic E-state index is -0.235. The van der Waals surface area contributed by atoms with E-state index < -0.39 is 0 Å². The van der Waals surface area contributed by atoms with E-state index in [1.54, 1.807) is 0 Å². The number of hydrogen-bond acceptors (Lipinski definition) is 2. The molecule has 1 aliphatic rings. The first kappa shape index (κ1) is 11.1. The second kappa shape index (κ2) is 4.66. The number of likely N-dealkylation sites (tertiary alicyclic amines) is 1. The summed E-state index contributed by atoms with van der Waals surface area (Å²) in [7, 11) is 0. The van der Waals surface area contributed by atoms with E-state index in [2.05, 4.69) is 0 Å². The highest BCUT2D eigenvalue weighted by atomic mass is 16.3. The lowest BCUT2D eigenvalue weighted by molar-refractivity contribution is 0.0546. The van der Waals surface area contributed by atoms with Gasteiger partial charge in [-0.05, 0) is 31.9 Å². The summed E-state index contributed by atoms with van der Waals surface area (Å²) < 4.78 is 0. The lowest BCUT2D eigenvalue weighted by atomic mass is 10.1. The highest BCUT2D eigenvalue weighted by Crippen LogP contribution is 2.14. The Bertz CT molecular complexity index is 381. The molecule has 0 atom stereocenters. The van der Waals surface area contributed by atoms with Crippen LogP contribution in [-0.4, -0.2) is 35.1 Å². The number of piperidine rings is 1. The topological polar surface area (TPSA) is 40.5 Å². The Balaban J connectivity index is 2.08. The molecule has 3 heteroatoms. The number of amides is 1. The predicted octanol–water partition coefficient (Wildman–Crippen LogP) is 1.59. The molecule has 0 spiro atoms. The fourth-order valence-corrected chi connectivity index (χ4v) is 2.03. The molecule has 1 N–H and O–H groups in total. The van der Waals surface area contributed by atoms with Crippen molar-refractivity contribution in [3.63, 3.8) is 0 Å². The molecular formula is C13H17NO2. The summed E-state index contributed by atoms with van der Waals surface area (Å²) in [4.78, 5) is 13.9. The quantitative estimate of drug-likeness (QED) is 0.779. The Hall–Kier alpha value is -1.35. The van der Waals surface area contributed by atoms with Crippen molar-refractivity contribution in [3.05, 3.63) is 35.4 Å². The van der Waals surface area contributed by atoms with Gasteiger partial charge in [0.05, 0.1) is 6.10 Å². The van der Waals surface area contributed by atoms with Gasteiger partial charge < -0.3 is 10.0 Å². The number of carbonyl (C=O) groups excluding carboxylic acids is 1. The number of benzene rings is 1. The molecule has 1 amide bonds. The van der Waals surface area contributed by atoms with E-state index in [9.17, 15) is 9.90 Å². The van der Waals surface area contributed by atoms with Crippen LogP contribution in [0, 0.1) is 6.92 Å². The van der Waals surface area contributed by atoms with Crippen molar-refractivity contribution in [1.29, 1.82) is 0 Å². The van der Waals surface area contributed by atoms with E-state index in [4.69, 9.17) is 0 Å². The zero-order valence-electron chi connectivity index (χ0n) is 9.52. The standard InChI is InChI=1S/C13H17NO2/c1-10-3-2-4-11(9-10)13(16)14-7-5-12(15)6-8-14/h2-4,9,12,15H,5-8H2,1H3. The van der Waals surface area contributed by atoms with Crippen molar-refractivity contribution in [1.82, 2.24) is 4.90 Å². The zero-order chi connectivity index (χ0) is 11.5. The van der Waals surface area contributed by atoms with Gasteiger partial charge in [-0.1, -0.05) is 17.7 Å². The monoisotopic (exact) mass is 219 g/mol. The number of carbonyl (C=O) groups is 1. The minimum absolute atomic E-state index is 0.0793. The van der Waals surface area contributed by atoms with Gasteiger partial charge in [-0.25, -0.2) is 0 Å². The van der Waals surface area contributed by atoms with Crippen LogP contribution >= 0.6 is 0 Å². The lowest BCUT2D eigenvalue weighted by Gasteiger charge is -2.29. The van der Waals surface area contributed by atoms with Crippen LogP contribution < -0.4 is 0 Å². The van der Waals surface area contributed by atoms with E-state index in [1.165, 1.54) is 0 Å². The van der Waals surface area contributed by atoms with Crippen LogP contribution in [0.25, 0.3) is 0 Å². The third kappa shape index (κ3) is 2.42. The van der Waals surface area contributed by atoms with Gasteiger partial charge in [-0.2, -0.15) is 0 Å². The molecule has 1 fully saturated rings. The molecule has 1 aromatic rings. The van der Waals surface area contributed by atoms with Gasteiger partial charge in [0.2, 0.25) is 0 Å². The number of hydrogen-bond donors (Lipinski definition) is 1. The molecule has 2 rings (SSSR count). The van der Waals surface area contributed by atoms with Crippen molar-refractivity contribution < 1.29 is 9.90 Å². The van der Waals surface area contributed by atoms with Gasteiger partial charge in [-0.15, -0.1) is 0 Å². The van der Waals surface area contributed by atoms with E-state index in [-0.39, 0.29) is 12.0 Å². The summed E-state index contributed by atoms with van der Waals surface area (Å²) in [6.45, 7) is 3.30. The largest absolute Gasteiger partial charge is 0.393 e. The first-order valence-corrected chi connectivity index (χ1v) is 5.71. The number of aliphatic hydroxyl groups excluding tert-OH is 1. The Morgan fingerprint density at radius 1 is 1.38 bits per heavy atom. The van der Waals surface area contributed by atoms with Gasteiger partial charge in [0.25, 0.3) is 5.91 Å². The lowest BCUT2D eigenvalue weighted by Crippen LogP contribution is -2.40. The molecule has 3 nitrogen and oxygen atoms in total. The van der Waals surface area contributed by atoms with E-state index >= 15 is 0 Å². The fraction of sp³-hybridized carbons (Fsp3) is 0.462. The molecule has 16 heavy (non-hydrogen) atoms. The van der Waals surface area contributed by atoms with Crippen LogP contribution in [0.3, 0.4) is 0 Å². The molecule has 0 aliphatic carbocycles.